The quantitative estimate of drug-likeness (QED) is 0.604. The molecule has 1 rings (SSSR count). The van der Waals surface area contributed by atoms with Gasteiger partial charge in [0.2, 0.25) is 0 Å². The number of hydrogen-bond acceptors (Lipinski definition) is 4. The maximum atomic E-state index is 13.3. The highest BCUT2D eigenvalue weighted by Gasteiger charge is 2.16. The molecule has 1 aromatic carbocycles. The summed E-state index contributed by atoms with van der Waals surface area (Å²) in [5.41, 5.74) is -0.784. The van der Waals surface area contributed by atoms with Gasteiger partial charge in [0.15, 0.2) is 0 Å². The predicted octanol–water partition coefficient (Wildman–Crippen LogP) is 0.845. The number of carbonyl (C=O) groups excluding carboxylic acids is 1. The summed E-state index contributed by atoms with van der Waals surface area (Å²) in [6.07, 6.45) is -0.777. The topological polar surface area (TPSA) is 92.5 Å². The van der Waals surface area contributed by atoms with Crippen molar-refractivity contribution >= 4 is 11.6 Å². The number of benzene rings is 1. The van der Waals surface area contributed by atoms with Crippen LogP contribution in [0.2, 0.25) is 0 Å². The molecule has 0 spiro atoms. The van der Waals surface area contributed by atoms with Crippen molar-refractivity contribution in [1.82, 2.24) is 5.32 Å². The zero-order chi connectivity index (χ0) is 13.0. The van der Waals surface area contributed by atoms with Crippen LogP contribution in [0.1, 0.15) is 17.3 Å². The molecule has 92 valence electrons. The van der Waals surface area contributed by atoms with Crippen molar-refractivity contribution < 1.29 is 19.2 Å². The zero-order valence-corrected chi connectivity index (χ0v) is 9.01. The average Bonchev–Trinajstić information content (AvgIpc) is 2.26. The van der Waals surface area contributed by atoms with Gasteiger partial charge in [-0.2, -0.15) is 0 Å². The second-order valence-corrected chi connectivity index (χ2v) is 3.48. The van der Waals surface area contributed by atoms with Crippen LogP contribution < -0.4 is 5.32 Å². The highest BCUT2D eigenvalue weighted by atomic mass is 19.1. The molecule has 1 unspecified atom stereocenters. The first-order valence-electron chi connectivity index (χ1n) is 4.82. The van der Waals surface area contributed by atoms with Crippen LogP contribution in [0.4, 0.5) is 10.1 Å². The average molecular weight is 242 g/mol. The Labute approximate surface area is 96.2 Å². The first-order valence-corrected chi connectivity index (χ1v) is 4.82. The first-order chi connectivity index (χ1) is 7.91. The van der Waals surface area contributed by atoms with Crippen LogP contribution in [0.5, 0.6) is 0 Å². The molecule has 0 bridgehead atoms. The molecule has 7 heteroatoms. The van der Waals surface area contributed by atoms with Crippen LogP contribution in [0, 0.1) is 15.9 Å². The molecule has 6 nitrogen and oxygen atoms in total. The van der Waals surface area contributed by atoms with Gasteiger partial charge >= 0.3 is 0 Å². The molecule has 0 fully saturated rings. The molecular weight excluding hydrogens is 231 g/mol. The summed E-state index contributed by atoms with van der Waals surface area (Å²) in [4.78, 5) is 21.2. The molecule has 2 N–H and O–H groups in total. The predicted molar refractivity (Wildman–Crippen MR) is 57.1 cm³/mol. The van der Waals surface area contributed by atoms with Crippen molar-refractivity contribution in [1.29, 1.82) is 0 Å². The minimum Gasteiger partial charge on any atom is -0.392 e. The number of hydrogen-bond donors (Lipinski definition) is 2. The van der Waals surface area contributed by atoms with E-state index in [1.54, 1.807) is 0 Å². The van der Waals surface area contributed by atoms with Gasteiger partial charge < -0.3 is 10.4 Å². The lowest BCUT2D eigenvalue weighted by atomic mass is 10.1. The summed E-state index contributed by atoms with van der Waals surface area (Å²) in [6.45, 7) is 1.39. The number of halogens is 1. The molecule has 0 saturated heterocycles. The van der Waals surface area contributed by atoms with E-state index in [2.05, 4.69) is 5.32 Å². The van der Waals surface area contributed by atoms with Gasteiger partial charge in [0.05, 0.1) is 16.6 Å². The van der Waals surface area contributed by atoms with Gasteiger partial charge in [0, 0.05) is 18.7 Å². The fourth-order valence-corrected chi connectivity index (χ4v) is 1.14. The largest absolute Gasteiger partial charge is 0.392 e. The molecule has 0 radical (unpaired) electrons. The Morgan fingerprint density at radius 3 is 2.82 bits per heavy atom. The number of nitrogens with zero attached hydrogens (tertiary/aromatic N) is 1. The number of aliphatic hydroxyl groups excluding tert-OH is 1. The fourth-order valence-electron chi connectivity index (χ4n) is 1.14. The third-order valence-electron chi connectivity index (χ3n) is 1.96. The smallest absolute Gasteiger partial charge is 0.270 e. The van der Waals surface area contributed by atoms with E-state index in [1.807, 2.05) is 0 Å². The summed E-state index contributed by atoms with van der Waals surface area (Å²) in [5.74, 6) is -1.65. The summed E-state index contributed by atoms with van der Waals surface area (Å²) >= 11 is 0. The summed E-state index contributed by atoms with van der Waals surface area (Å²) in [5, 5.41) is 21.7. The molecule has 1 atom stereocenters. The lowest BCUT2D eigenvalue weighted by Crippen LogP contribution is -2.31. The highest BCUT2D eigenvalue weighted by Crippen LogP contribution is 2.16. The van der Waals surface area contributed by atoms with Gasteiger partial charge in [-0.25, -0.2) is 4.39 Å². The van der Waals surface area contributed by atoms with Crippen LogP contribution in [-0.2, 0) is 0 Å². The van der Waals surface area contributed by atoms with Gasteiger partial charge in [-0.3, -0.25) is 14.9 Å². The van der Waals surface area contributed by atoms with Crippen molar-refractivity contribution in [2.75, 3.05) is 6.54 Å². The minimum atomic E-state index is -0.848. The van der Waals surface area contributed by atoms with Crippen LogP contribution in [0.3, 0.4) is 0 Å². The van der Waals surface area contributed by atoms with Crippen LogP contribution >= 0.6 is 0 Å². The molecule has 0 aliphatic heterocycles. The van der Waals surface area contributed by atoms with E-state index in [0.29, 0.717) is 0 Å². The van der Waals surface area contributed by atoms with Crippen LogP contribution in [-0.4, -0.2) is 28.6 Å². The van der Waals surface area contributed by atoms with E-state index in [4.69, 9.17) is 5.11 Å². The number of non-ortho nitro benzene ring substituents is 1. The molecule has 0 heterocycles. The maximum Gasteiger partial charge on any atom is 0.270 e. The van der Waals surface area contributed by atoms with Gasteiger partial charge in [0.1, 0.15) is 5.82 Å². The molecule has 0 aliphatic rings. The lowest BCUT2D eigenvalue weighted by molar-refractivity contribution is -0.384. The molecular formula is C10H11FN2O4. The summed E-state index contributed by atoms with van der Waals surface area (Å²) in [6, 6.07) is 2.68. The van der Waals surface area contributed by atoms with Crippen molar-refractivity contribution in [3.63, 3.8) is 0 Å². The Morgan fingerprint density at radius 1 is 1.65 bits per heavy atom. The Bertz CT molecular complexity index is 448. The van der Waals surface area contributed by atoms with Crippen molar-refractivity contribution in [2.45, 2.75) is 13.0 Å². The van der Waals surface area contributed by atoms with E-state index >= 15 is 0 Å². The summed E-state index contributed by atoms with van der Waals surface area (Å²) < 4.78 is 13.3. The lowest BCUT2D eigenvalue weighted by Gasteiger charge is -2.07. The standard InChI is InChI=1S/C10H11FN2O4/c1-6(14)5-12-10(15)8-4-7(13(16)17)2-3-9(8)11/h2-4,6,14H,5H2,1H3,(H,12,15). The first kappa shape index (κ1) is 13.0. The number of amides is 1. The Hall–Kier alpha value is -2.02. The zero-order valence-electron chi connectivity index (χ0n) is 9.01. The normalized spacial score (nSPS) is 11.9. The fraction of sp³-hybridized carbons (Fsp3) is 0.300. The maximum absolute atomic E-state index is 13.3. The third kappa shape index (κ3) is 3.49. The van der Waals surface area contributed by atoms with Gasteiger partial charge in [0.25, 0.3) is 11.6 Å². The Balaban J connectivity index is 2.92. The van der Waals surface area contributed by atoms with Gasteiger partial charge in [-0.15, -0.1) is 0 Å². The van der Waals surface area contributed by atoms with Crippen molar-refractivity contribution in [2.24, 2.45) is 0 Å². The van der Waals surface area contributed by atoms with E-state index in [9.17, 15) is 19.3 Å². The molecule has 17 heavy (non-hydrogen) atoms. The molecule has 0 aromatic heterocycles. The third-order valence-corrected chi connectivity index (χ3v) is 1.96. The van der Waals surface area contributed by atoms with Gasteiger partial charge in [-0.1, -0.05) is 0 Å². The van der Waals surface area contributed by atoms with Gasteiger partial charge in [-0.05, 0) is 13.0 Å². The number of aliphatic hydroxyl groups is 1. The van der Waals surface area contributed by atoms with E-state index < -0.39 is 28.3 Å². The monoisotopic (exact) mass is 242 g/mol. The Morgan fingerprint density at radius 2 is 2.29 bits per heavy atom. The number of nitro groups is 1. The number of rotatable bonds is 4. The second-order valence-electron chi connectivity index (χ2n) is 3.48. The number of carbonyl (C=O) groups is 1. The van der Waals surface area contributed by atoms with E-state index in [0.717, 1.165) is 18.2 Å². The molecule has 0 saturated carbocycles. The molecule has 1 amide bonds. The molecule has 1 aromatic rings. The highest BCUT2D eigenvalue weighted by molar-refractivity contribution is 5.95. The number of nitro benzene ring substituents is 1. The van der Waals surface area contributed by atoms with E-state index in [-0.39, 0.29) is 12.2 Å². The minimum absolute atomic E-state index is 0.0546. The second kappa shape index (κ2) is 5.35. The molecule has 0 aliphatic carbocycles. The van der Waals surface area contributed by atoms with Crippen LogP contribution in [0.15, 0.2) is 18.2 Å². The number of nitrogens with one attached hydrogen (secondary N) is 1. The van der Waals surface area contributed by atoms with Crippen molar-refractivity contribution in [3.8, 4) is 0 Å². The van der Waals surface area contributed by atoms with Crippen molar-refractivity contribution in [3.05, 3.63) is 39.7 Å². The Kier molecular flexibility index (Phi) is 4.11. The van der Waals surface area contributed by atoms with E-state index in [1.165, 1.54) is 6.92 Å². The van der Waals surface area contributed by atoms with Crippen LogP contribution in [0.25, 0.3) is 0 Å². The summed E-state index contributed by atoms with van der Waals surface area (Å²) in [7, 11) is 0. The SMILES string of the molecule is CC(O)CNC(=O)c1cc([N+](=O)[O-])ccc1F.